The van der Waals surface area contributed by atoms with Crippen LogP contribution in [0.5, 0.6) is 0 Å². The first-order chi connectivity index (χ1) is 14.5. The zero-order valence-electron chi connectivity index (χ0n) is 16.5. The molecule has 1 aromatic heterocycles. The Kier molecular flexibility index (Phi) is 5.53. The molecule has 0 atom stereocenters. The number of nitrogens with zero attached hydrogens (tertiary/aromatic N) is 3. The Morgan fingerprint density at radius 3 is 2.10 bits per heavy atom. The van der Waals surface area contributed by atoms with Crippen LogP contribution in [0, 0.1) is 0 Å². The Labute approximate surface area is 180 Å². The van der Waals surface area contributed by atoms with Crippen molar-refractivity contribution in [2.75, 3.05) is 13.7 Å². The first-order valence-corrected chi connectivity index (χ1v) is 9.92. The summed E-state index contributed by atoms with van der Waals surface area (Å²) in [5.74, 6) is -0.300. The lowest BCUT2D eigenvalue weighted by molar-refractivity contribution is -0.131. The number of hydrogen-bond acceptors (Lipinski definition) is 4. The summed E-state index contributed by atoms with van der Waals surface area (Å²) >= 11 is 5.84. The average molecular weight is 421 g/mol. The number of hydrogen-bond donors (Lipinski definition) is 1. The molecule has 1 aliphatic heterocycles. The molecule has 6 nitrogen and oxygen atoms in total. The first kappa shape index (κ1) is 20.1. The van der Waals surface area contributed by atoms with Crippen molar-refractivity contribution in [3.05, 3.63) is 101 Å². The fourth-order valence-electron chi connectivity index (χ4n) is 3.74. The Morgan fingerprint density at radius 2 is 1.57 bits per heavy atom. The van der Waals surface area contributed by atoms with Crippen molar-refractivity contribution in [2.45, 2.75) is 12.1 Å². The van der Waals surface area contributed by atoms with Crippen LogP contribution in [-0.4, -0.2) is 40.4 Å². The quantitative estimate of drug-likeness (QED) is 0.488. The molecule has 1 saturated heterocycles. The van der Waals surface area contributed by atoms with Gasteiger partial charge in [-0.25, -0.2) is 14.7 Å². The zero-order valence-corrected chi connectivity index (χ0v) is 17.2. The zero-order chi connectivity index (χ0) is 21.1. The molecule has 2 aromatic carbocycles. The molecule has 1 fully saturated rings. The second-order valence-corrected chi connectivity index (χ2v) is 7.68. The summed E-state index contributed by atoms with van der Waals surface area (Å²) in [5.41, 5.74) is 1.14. The van der Waals surface area contributed by atoms with Gasteiger partial charge in [0.1, 0.15) is 5.15 Å². The Morgan fingerprint density at radius 1 is 0.967 bits per heavy atom. The van der Waals surface area contributed by atoms with Gasteiger partial charge in [-0.3, -0.25) is 9.69 Å². The molecular formula is C23H21ClN4O2. The number of pyridine rings is 1. The van der Waals surface area contributed by atoms with Crippen LogP contribution < -0.4 is 5.32 Å². The molecule has 7 heteroatoms. The molecule has 3 aromatic rings. The molecule has 0 saturated carbocycles. The van der Waals surface area contributed by atoms with Crippen LogP contribution in [0.1, 0.15) is 16.7 Å². The second-order valence-electron chi connectivity index (χ2n) is 7.29. The first-order valence-electron chi connectivity index (χ1n) is 9.55. The molecule has 152 valence electrons. The molecule has 0 spiro atoms. The van der Waals surface area contributed by atoms with Crippen LogP contribution in [0.2, 0.25) is 5.15 Å². The van der Waals surface area contributed by atoms with Crippen molar-refractivity contribution in [1.29, 1.82) is 0 Å². The molecule has 0 bridgehead atoms. The molecule has 1 N–H and O–H groups in total. The standard InChI is InChI=1S/C23H21ClN4O2/c1-27(15-17-12-13-20(24)25-14-17)16-28-21(29)23(26-22(28)30,18-8-4-2-5-9-18)19-10-6-3-7-11-19/h2-14H,15-16H2,1H3,(H,26,30). The highest BCUT2D eigenvalue weighted by Gasteiger charge is 2.53. The SMILES string of the molecule is CN(Cc1ccc(Cl)nc1)CN1C(=O)NC(c2ccccc2)(c2ccccc2)C1=O. The minimum Gasteiger partial charge on any atom is -0.315 e. The van der Waals surface area contributed by atoms with Crippen LogP contribution in [0.25, 0.3) is 0 Å². The molecule has 2 heterocycles. The van der Waals surface area contributed by atoms with Gasteiger partial charge >= 0.3 is 6.03 Å². The van der Waals surface area contributed by atoms with E-state index in [2.05, 4.69) is 10.3 Å². The fourth-order valence-corrected chi connectivity index (χ4v) is 3.85. The molecule has 0 aliphatic carbocycles. The second kappa shape index (κ2) is 8.26. The predicted molar refractivity (Wildman–Crippen MR) is 115 cm³/mol. The lowest BCUT2D eigenvalue weighted by atomic mass is 9.83. The van der Waals surface area contributed by atoms with Crippen molar-refractivity contribution < 1.29 is 9.59 Å². The van der Waals surface area contributed by atoms with E-state index in [1.807, 2.05) is 78.7 Å². The van der Waals surface area contributed by atoms with E-state index in [-0.39, 0.29) is 12.6 Å². The lowest BCUT2D eigenvalue weighted by Crippen LogP contribution is -2.46. The number of carbonyl (C=O) groups excluding carboxylic acids is 2. The van der Waals surface area contributed by atoms with E-state index >= 15 is 0 Å². The van der Waals surface area contributed by atoms with Crippen molar-refractivity contribution in [3.8, 4) is 0 Å². The number of urea groups is 1. The highest BCUT2D eigenvalue weighted by molar-refractivity contribution is 6.29. The van der Waals surface area contributed by atoms with Gasteiger partial charge in [0.05, 0.1) is 6.67 Å². The lowest BCUT2D eigenvalue weighted by Gasteiger charge is -2.28. The number of imide groups is 1. The Hall–Kier alpha value is -3.22. The fraction of sp³-hybridized carbons (Fsp3) is 0.174. The summed E-state index contributed by atoms with van der Waals surface area (Å²) in [4.78, 5) is 33.8. The van der Waals surface area contributed by atoms with Crippen molar-refractivity contribution >= 4 is 23.5 Å². The summed E-state index contributed by atoms with van der Waals surface area (Å²) in [6.45, 7) is 0.666. The number of amides is 3. The number of carbonyl (C=O) groups is 2. The summed E-state index contributed by atoms with van der Waals surface area (Å²) in [7, 11) is 1.85. The highest BCUT2D eigenvalue weighted by atomic mass is 35.5. The number of halogens is 1. The molecule has 0 unspecified atom stereocenters. The van der Waals surface area contributed by atoms with Gasteiger partial charge in [0, 0.05) is 12.7 Å². The minimum atomic E-state index is -1.25. The summed E-state index contributed by atoms with van der Waals surface area (Å²) < 4.78 is 0. The van der Waals surface area contributed by atoms with Gasteiger partial charge in [0.25, 0.3) is 5.91 Å². The van der Waals surface area contributed by atoms with Crippen LogP contribution in [0.4, 0.5) is 4.79 Å². The number of rotatable bonds is 6. The Bertz CT molecular complexity index is 1000. The maximum atomic E-state index is 13.7. The maximum Gasteiger partial charge on any atom is 0.326 e. The van der Waals surface area contributed by atoms with E-state index in [0.29, 0.717) is 11.7 Å². The summed E-state index contributed by atoms with van der Waals surface area (Å²) in [6, 6.07) is 21.8. The van der Waals surface area contributed by atoms with Crippen LogP contribution >= 0.6 is 11.6 Å². The van der Waals surface area contributed by atoms with E-state index in [1.54, 1.807) is 12.3 Å². The van der Waals surface area contributed by atoms with Crippen molar-refractivity contribution in [3.63, 3.8) is 0 Å². The third-order valence-corrected chi connectivity index (χ3v) is 5.37. The van der Waals surface area contributed by atoms with Crippen LogP contribution in [0.3, 0.4) is 0 Å². The number of aromatic nitrogens is 1. The van der Waals surface area contributed by atoms with Crippen LogP contribution in [-0.2, 0) is 16.9 Å². The third-order valence-electron chi connectivity index (χ3n) is 5.14. The number of benzene rings is 2. The monoisotopic (exact) mass is 420 g/mol. The molecule has 4 rings (SSSR count). The van der Waals surface area contributed by atoms with Gasteiger partial charge in [-0.1, -0.05) is 78.3 Å². The molecular weight excluding hydrogens is 400 g/mol. The maximum absolute atomic E-state index is 13.7. The third kappa shape index (κ3) is 3.67. The van der Waals surface area contributed by atoms with E-state index in [0.717, 1.165) is 16.7 Å². The summed E-state index contributed by atoms with van der Waals surface area (Å²) in [6.07, 6.45) is 1.68. The highest BCUT2D eigenvalue weighted by Crippen LogP contribution is 2.36. The van der Waals surface area contributed by atoms with Gasteiger partial charge in [-0.2, -0.15) is 0 Å². The smallest absolute Gasteiger partial charge is 0.315 e. The van der Waals surface area contributed by atoms with Gasteiger partial charge in [-0.15, -0.1) is 0 Å². The Balaban J connectivity index is 1.63. The van der Waals surface area contributed by atoms with Gasteiger partial charge in [0.2, 0.25) is 0 Å². The largest absolute Gasteiger partial charge is 0.326 e. The molecule has 1 aliphatic rings. The van der Waals surface area contributed by atoms with E-state index in [1.165, 1.54) is 4.90 Å². The summed E-state index contributed by atoms with van der Waals surface area (Å²) in [5, 5.41) is 3.38. The molecule has 0 radical (unpaired) electrons. The van der Waals surface area contributed by atoms with E-state index < -0.39 is 11.6 Å². The van der Waals surface area contributed by atoms with Gasteiger partial charge < -0.3 is 5.32 Å². The van der Waals surface area contributed by atoms with Gasteiger partial charge in [-0.05, 0) is 29.8 Å². The van der Waals surface area contributed by atoms with Gasteiger partial charge in [0.15, 0.2) is 5.54 Å². The normalized spacial score (nSPS) is 15.5. The van der Waals surface area contributed by atoms with E-state index in [9.17, 15) is 9.59 Å². The predicted octanol–water partition coefficient (Wildman–Crippen LogP) is 3.62. The van der Waals surface area contributed by atoms with Crippen molar-refractivity contribution in [2.24, 2.45) is 0 Å². The molecule has 30 heavy (non-hydrogen) atoms. The minimum absolute atomic E-state index is 0.148. The topological polar surface area (TPSA) is 65.5 Å². The number of nitrogens with one attached hydrogen (secondary N) is 1. The average Bonchev–Trinajstić information content (AvgIpc) is 3.02. The van der Waals surface area contributed by atoms with E-state index in [4.69, 9.17) is 11.6 Å². The van der Waals surface area contributed by atoms with Crippen molar-refractivity contribution in [1.82, 2.24) is 20.1 Å². The molecule has 3 amide bonds. The van der Waals surface area contributed by atoms with Crippen LogP contribution in [0.15, 0.2) is 79.0 Å².